The van der Waals surface area contributed by atoms with E-state index in [0.717, 1.165) is 0 Å². The van der Waals surface area contributed by atoms with Crippen molar-refractivity contribution in [3.8, 4) is 0 Å². The van der Waals surface area contributed by atoms with Crippen molar-refractivity contribution in [3.63, 3.8) is 0 Å². The molecule has 0 bridgehead atoms. The molecule has 0 aliphatic carbocycles. The van der Waals surface area contributed by atoms with E-state index in [1.165, 1.54) is 0 Å². The molecule has 0 aromatic heterocycles. The number of allylic oxidation sites excluding steroid dienone is 1. The molecular formula is C4H6Bi2. The summed E-state index contributed by atoms with van der Waals surface area (Å²) >= 11 is -0.126. The topological polar surface area (TPSA) is 0 Å². The van der Waals surface area contributed by atoms with E-state index in [2.05, 4.69) is 12.1 Å². The van der Waals surface area contributed by atoms with Crippen LogP contribution in [0, 0.1) is 0 Å². The Morgan fingerprint density at radius 1 is 1.83 bits per heavy atom. The predicted molar refractivity (Wildman–Crippen MR) is 32.7 cm³/mol. The molecule has 0 radical (unpaired) electrons. The summed E-state index contributed by atoms with van der Waals surface area (Å²) in [6, 6.07) is 0. The molecule has 6 heavy (non-hydrogen) atoms. The van der Waals surface area contributed by atoms with E-state index in [0.29, 0.717) is 0 Å². The molecule has 0 aromatic rings. The summed E-state index contributed by atoms with van der Waals surface area (Å²) in [5.74, 6) is 0. The minimum atomic E-state index is -0.123. The van der Waals surface area contributed by atoms with Gasteiger partial charge in [-0.3, -0.25) is 0 Å². The third kappa shape index (κ3) is 1.47. The van der Waals surface area contributed by atoms with Crippen molar-refractivity contribution >= 4 is 47.4 Å². The van der Waals surface area contributed by atoms with E-state index >= 15 is 0 Å². The fraction of sp³-hybridized carbons (Fsp3) is 0.250. The normalized spacial score (nSPS) is 18.5. The molecule has 1 aliphatic heterocycles. The van der Waals surface area contributed by atoms with Gasteiger partial charge in [0.25, 0.3) is 0 Å². The van der Waals surface area contributed by atoms with E-state index < -0.39 is 0 Å². The summed E-state index contributed by atoms with van der Waals surface area (Å²) < 4.78 is 6.99. The molecule has 0 aromatic carbocycles. The Bertz CT molecular complexity index is 102. The van der Waals surface area contributed by atoms with Crippen LogP contribution in [0.5, 0.6) is 0 Å². The average molecular weight is 472 g/mol. The van der Waals surface area contributed by atoms with Gasteiger partial charge in [-0.2, -0.15) is 0 Å². The van der Waals surface area contributed by atoms with E-state index in [1.54, 1.807) is 3.28 Å². The van der Waals surface area contributed by atoms with Crippen LogP contribution in [0.3, 0.4) is 0 Å². The second kappa shape index (κ2) is 2.63. The standard InChI is InChI=1S/C3H4.CH.2Bi.H/c1-3-2;;;;/h1H,2H3;1H;;;. The number of hydrogen-bond acceptors (Lipinski definition) is 0. The van der Waals surface area contributed by atoms with Crippen molar-refractivity contribution in [1.82, 2.24) is 0 Å². The van der Waals surface area contributed by atoms with Gasteiger partial charge in [-0.25, -0.2) is 0 Å². The van der Waals surface area contributed by atoms with Crippen molar-refractivity contribution in [3.05, 3.63) is 7.06 Å². The molecule has 0 saturated heterocycles. The third-order valence-electron chi connectivity index (χ3n) is 0.635. The first-order valence-electron chi connectivity index (χ1n) is 1.84. The summed E-state index contributed by atoms with van der Waals surface area (Å²) in [5, 5.41) is 0. The Labute approximate surface area is 60.6 Å². The fourth-order valence-electron chi connectivity index (χ4n) is 0.325. The molecule has 0 unspecified atom stereocenters. The van der Waals surface area contributed by atoms with Gasteiger partial charge in [0.1, 0.15) is 0 Å². The van der Waals surface area contributed by atoms with Gasteiger partial charge in [-0.05, 0) is 0 Å². The summed E-state index contributed by atoms with van der Waals surface area (Å²) in [4.78, 5) is 0. The zero-order valence-electron chi connectivity index (χ0n) is 3.60. The molecule has 0 amide bonds. The summed E-state index contributed by atoms with van der Waals surface area (Å²) in [7, 11) is 0. The van der Waals surface area contributed by atoms with Crippen molar-refractivity contribution in [1.29, 1.82) is 0 Å². The van der Waals surface area contributed by atoms with E-state index in [9.17, 15) is 0 Å². The average Bonchev–Trinajstić information content (AvgIpc) is 1.86. The predicted octanol–water partition coefficient (Wildman–Crippen LogP) is -0.238. The SMILES string of the molecule is C[C]1=[CH][Bi]=[CH][BiH]1. The Morgan fingerprint density at radius 3 is 2.83 bits per heavy atom. The molecule has 1 aliphatic rings. The van der Waals surface area contributed by atoms with Gasteiger partial charge in [0.05, 0.1) is 0 Å². The fourth-order valence-corrected chi connectivity index (χ4v) is 20.0. The molecule has 0 spiro atoms. The van der Waals surface area contributed by atoms with Gasteiger partial charge in [0, 0.05) is 0 Å². The van der Waals surface area contributed by atoms with E-state index in [-0.39, 0.29) is 46.0 Å². The second-order valence-electron chi connectivity index (χ2n) is 1.23. The van der Waals surface area contributed by atoms with Gasteiger partial charge < -0.3 is 0 Å². The van der Waals surface area contributed by atoms with E-state index in [4.69, 9.17) is 0 Å². The number of hydrogen-bond donors (Lipinski definition) is 0. The molecule has 0 nitrogen and oxygen atoms in total. The molecular weight excluding hydrogens is 466 g/mol. The van der Waals surface area contributed by atoms with Crippen LogP contribution < -0.4 is 0 Å². The summed E-state index contributed by atoms with van der Waals surface area (Å²) in [6.07, 6.45) is 0. The second-order valence-corrected chi connectivity index (χ2v) is 17.4. The monoisotopic (exact) mass is 472 g/mol. The molecule has 32 valence electrons. The Hall–Kier alpha value is 1.38. The van der Waals surface area contributed by atoms with Crippen LogP contribution in [0.1, 0.15) is 6.92 Å². The zero-order valence-corrected chi connectivity index (χ0v) is 11.0. The van der Waals surface area contributed by atoms with Crippen LogP contribution in [0.4, 0.5) is 0 Å². The quantitative estimate of drug-likeness (QED) is 0.428. The van der Waals surface area contributed by atoms with Crippen molar-refractivity contribution in [2.24, 2.45) is 0 Å². The molecule has 0 atom stereocenters. The first-order chi connectivity index (χ1) is 2.89. The summed E-state index contributed by atoms with van der Waals surface area (Å²) in [5.41, 5.74) is 0. The Kier molecular flexibility index (Phi) is 2.41. The maximum absolute atomic E-state index is 2.66. The molecule has 1 rings (SSSR count). The first-order valence-corrected chi connectivity index (χ1v) is 10.0. The van der Waals surface area contributed by atoms with Crippen molar-refractivity contribution in [2.75, 3.05) is 0 Å². The van der Waals surface area contributed by atoms with Crippen molar-refractivity contribution in [2.45, 2.75) is 6.92 Å². The van der Waals surface area contributed by atoms with Gasteiger partial charge in [0.2, 0.25) is 0 Å². The third-order valence-corrected chi connectivity index (χ3v) is 19.5. The van der Waals surface area contributed by atoms with Gasteiger partial charge in [-0.15, -0.1) is 0 Å². The van der Waals surface area contributed by atoms with E-state index in [1.807, 2.05) is 0 Å². The van der Waals surface area contributed by atoms with Gasteiger partial charge >= 0.3 is 61.4 Å². The molecule has 0 saturated carbocycles. The Balaban J connectivity index is 2.61. The summed E-state index contributed by atoms with van der Waals surface area (Å²) in [6.45, 7) is 2.30. The molecule has 0 fully saturated rings. The maximum atomic E-state index is 2.66. The Morgan fingerprint density at radius 2 is 2.67 bits per heavy atom. The van der Waals surface area contributed by atoms with Crippen LogP contribution in [0.25, 0.3) is 0 Å². The van der Waals surface area contributed by atoms with Gasteiger partial charge in [0.15, 0.2) is 0 Å². The first kappa shape index (κ1) is 5.51. The molecule has 0 N–H and O–H groups in total. The van der Waals surface area contributed by atoms with Crippen LogP contribution in [0.15, 0.2) is 7.06 Å². The minimum absolute atomic E-state index is 0.00231. The zero-order chi connectivity index (χ0) is 4.41. The van der Waals surface area contributed by atoms with Crippen LogP contribution in [-0.2, 0) is 0 Å². The molecule has 1 heterocycles. The van der Waals surface area contributed by atoms with Crippen LogP contribution in [-0.4, -0.2) is 47.4 Å². The molecule has 2 heteroatoms. The van der Waals surface area contributed by atoms with Crippen LogP contribution in [0.2, 0.25) is 0 Å². The van der Waals surface area contributed by atoms with Crippen LogP contribution >= 0.6 is 0 Å². The van der Waals surface area contributed by atoms with Crippen molar-refractivity contribution < 1.29 is 0 Å². The van der Waals surface area contributed by atoms with Gasteiger partial charge in [-0.1, -0.05) is 0 Å². The number of rotatable bonds is 0.